The van der Waals surface area contributed by atoms with Crippen LogP contribution in [0.4, 0.5) is 0 Å². The molecule has 3 fully saturated rings. The Kier molecular flexibility index (Phi) is 3.30. The molecule has 1 amide bonds. The van der Waals surface area contributed by atoms with Crippen LogP contribution in [-0.2, 0) is 9.63 Å². The molecule has 3 aliphatic heterocycles. The van der Waals surface area contributed by atoms with Gasteiger partial charge in [0.2, 0.25) is 0 Å². The van der Waals surface area contributed by atoms with E-state index in [2.05, 4.69) is 11.5 Å². The van der Waals surface area contributed by atoms with Gasteiger partial charge in [-0.05, 0) is 31.2 Å². The molecule has 2 bridgehead atoms. The van der Waals surface area contributed by atoms with Gasteiger partial charge in [-0.3, -0.25) is 14.5 Å². The number of hydrogen-bond donors (Lipinski definition) is 0. The van der Waals surface area contributed by atoms with E-state index in [-0.39, 0.29) is 11.9 Å². The van der Waals surface area contributed by atoms with Crippen LogP contribution in [0.5, 0.6) is 0 Å². The molecule has 0 aromatic heterocycles. The van der Waals surface area contributed by atoms with Crippen molar-refractivity contribution in [1.82, 2.24) is 9.96 Å². The van der Waals surface area contributed by atoms with Crippen LogP contribution >= 0.6 is 0 Å². The first-order chi connectivity index (χ1) is 7.67. The maximum absolute atomic E-state index is 12.0. The lowest BCUT2D eigenvalue weighted by atomic mass is 9.75. The van der Waals surface area contributed by atoms with E-state index in [0.29, 0.717) is 11.8 Å². The van der Waals surface area contributed by atoms with Crippen molar-refractivity contribution in [2.45, 2.75) is 18.9 Å². The van der Waals surface area contributed by atoms with Crippen molar-refractivity contribution < 1.29 is 9.63 Å². The van der Waals surface area contributed by atoms with Gasteiger partial charge in [0.05, 0.1) is 13.2 Å². The summed E-state index contributed by atoms with van der Waals surface area (Å²) in [5.41, 5.74) is 0. The average molecular weight is 224 g/mol. The molecule has 90 valence electrons. The fourth-order valence-electron chi connectivity index (χ4n) is 2.89. The van der Waals surface area contributed by atoms with Crippen LogP contribution in [-0.4, -0.2) is 49.2 Å². The van der Waals surface area contributed by atoms with E-state index in [4.69, 9.17) is 4.84 Å². The Morgan fingerprint density at radius 3 is 2.88 bits per heavy atom. The highest BCUT2D eigenvalue weighted by atomic mass is 16.7. The first-order valence-corrected chi connectivity index (χ1v) is 5.85. The summed E-state index contributed by atoms with van der Waals surface area (Å²) < 4.78 is 0. The van der Waals surface area contributed by atoms with Gasteiger partial charge in [0.1, 0.15) is 0 Å². The van der Waals surface area contributed by atoms with Gasteiger partial charge in [0.15, 0.2) is 0 Å². The van der Waals surface area contributed by atoms with Crippen LogP contribution in [0.2, 0.25) is 0 Å². The zero-order valence-electron chi connectivity index (χ0n) is 10.1. The van der Waals surface area contributed by atoms with E-state index in [9.17, 15) is 4.79 Å². The minimum atomic E-state index is 0.0138. The van der Waals surface area contributed by atoms with Crippen LogP contribution in [0.15, 0.2) is 12.7 Å². The third-order valence-corrected chi connectivity index (χ3v) is 3.98. The highest BCUT2D eigenvalue weighted by Crippen LogP contribution is 2.37. The molecule has 3 aliphatic rings. The summed E-state index contributed by atoms with van der Waals surface area (Å²) in [6.45, 7) is 5.88. The fourth-order valence-corrected chi connectivity index (χ4v) is 2.89. The molecule has 3 saturated heterocycles. The maximum atomic E-state index is 12.0. The summed E-state index contributed by atoms with van der Waals surface area (Å²) >= 11 is 0. The number of hydroxylamine groups is 2. The fraction of sp³-hybridized carbons (Fsp3) is 0.750. The highest BCUT2D eigenvalue weighted by molar-refractivity contribution is 5.81. The molecular weight excluding hydrogens is 204 g/mol. The van der Waals surface area contributed by atoms with Gasteiger partial charge >= 0.3 is 0 Å². The number of hydrogen-bond acceptors (Lipinski definition) is 3. The van der Waals surface area contributed by atoms with E-state index in [1.54, 1.807) is 7.05 Å². The van der Waals surface area contributed by atoms with Gasteiger partial charge in [0, 0.05) is 13.6 Å². The number of carbonyl (C=O) groups excluding carboxylic acids is 1. The zero-order valence-corrected chi connectivity index (χ0v) is 10.1. The van der Waals surface area contributed by atoms with Gasteiger partial charge in [-0.25, -0.2) is 5.06 Å². The van der Waals surface area contributed by atoms with E-state index in [1.165, 1.54) is 18.6 Å². The maximum Gasteiger partial charge on any atom is 0.263 e. The Morgan fingerprint density at radius 2 is 2.38 bits per heavy atom. The Hall–Kier alpha value is -0.870. The second-order valence-electron chi connectivity index (χ2n) is 4.71. The van der Waals surface area contributed by atoms with Crippen molar-refractivity contribution in [2.75, 3.05) is 27.2 Å². The van der Waals surface area contributed by atoms with Crippen LogP contribution in [0.1, 0.15) is 12.8 Å². The SMILES string of the molecule is C=C[C@H]1CN2CC[C@H]1C[C@H]2C(=O)N(C)OC. The number of carbonyl (C=O) groups is 1. The summed E-state index contributed by atoms with van der Waals surface area (Å²) in [7, 11) is 3.21. The predicted octanol–water partition coefficient (Wildman–Crippen LogP) is 0.903. The molecule has 1 unspecified atom stereocenters. The second kappa shape index (κ2) is 4.55. The molecule has 0 radical (unpaired) electrons. The Balaban J connectivity index is 2.05. The summed E-state index contributed by atoms with van der Waals surface area (Å²) in [4.78, 5) is 19.3. The first kappa shape index (κ1) is 11.6. The number of likely N-dealkylation sites (N-methyl/N-ethyl adjacent to an activating group) is 1. The lowest BCUT2D eigenvalue weighted by Gasteiger charge is -2.48. The van der Waals surface area contributed by atoms with E-state index in [0.717, 1.165) is 19.5 Å². The lowest BCUT2D eigenvalue weighted by Crippen LogP contribution is -2.58. The topological polar surface area (TPSA) is 32.8 Å². The quantitative estimate of drug-likeness (QED) is 0.527. The molecule has 0 saturated carbocycles. The third kappa shape index (κ3) is 1.87. The van der Waals surface area contributed by atoms with E-state index >= 15 is 0 Å². The zero-order chi connectivity index (χ0) is 11.7. The van der Waals surface area contributed by atoms with Crippen molar-refractivity contribution >= 4 is 5.91 Å². The Labute approximate surface area is 96.8 Å². The summed E-state index contributed by atoms with van der Waals surface area (Å²) in [5, 5.41) is 1.34. The molecule has 4 heteroatoms. The summed E-state index contributed by atoms with van der Waals surface area (Å²) in [5.74, 6) is 1.27. The smallest absolute Gasteiger partial charge is 0.263 e. The van der Waals surface area contributed by atoms with Crippen molar-refractivity contribution in [3.63, 3.8) is 0 Å². The van der Waals surface area contributed by atoms with Crippen LogP contribution in [0, 0.1) is 11.8 Å². The summed E-state index contributed by atoms with van der Waals surface area (Å²) in [6, 6.07) is 0.0138. The minimum absolute atomic E-state index is 0.0138. The number of fused-ring (bicyclic) bond motifs is 3. The number of rotatable bonds is 3. The van der Waals surface area contributed by atoms with Crippen LogP contribution in [0.3, 0.4) is 0 Å². The van der Waals surface area contributed by atoms with Crippen molar-refractivity contribution in [3.8, 4) is 0 Å². The number of nitrogens with zero attached hydrogens (tertiary/aromatic N) is 2. The van der Waals surface area contributed by atoms with Crippen molar-refractivity contribution in [1.29, 1.82) is 0 Å². The van der Waals surface area contributed by atoms with Crippen molar-refractivity contribution in [3.05, 3.63) is 12.7 Å². The van der Waals surface area contributed by atoms with Gasteiger partial charge < -0.3 is 0 Å². The lowest BCUT2D eigenvalue weighted by molar-refractivity contribution is -0.179. The standard InChI is InChI=1S/C12H20N2O2/c1-4-9-8-14-6-5-10(9)7-11(14)12(15)13(2)16-3/h4,9-11H,1,5-8H2,2-3H3/t9-,10-,11-/m0/s1. The molecule has 0 spiro atoms. The predicted molar refractivity (Wildman–Crippen MR) is 61.6 cm³/mol. The van der Waals surface area contributed by atoms with E-state index < -0.39 is 0 Å². The molecule has 0 aromatic carbocycles. The van der Waals surface area contributed by atoms with Gasteiger partial charge in [-0.15, -0.1) is 6.58 Å². The van der Waals surface area contributed by atoms with Crippen LogP contribution < -0.4 is 0 Å². The number of amides is 1. The van der Waals surface area contributed by atoms with Gasteiger partial charge in [0.25, 0.3) is 5.91 Å². The van der Waals surface area contributed by atoms with Gasteiger partial charge in [-0.2, -0.15) is 0 Å². The highest BCUT2D eigenvalue weighted by Gasteiger charge is 2.42. The Morgan fingerprint density at radius 1 is 1.62 bits per heavy atom. The third-order valence-electron chi connectivity index (χ3n) is 3.98. The second-order valence-corrected chi connectivity index (χ2v) is 4.71. The average Bonchev–Trinajstić information content (AvgIpc) is 2.37. The molecular formula is C12H20N2O2. The largest absolute Gasteiger partial charge is 0.291 e. The van der Waals surface area contributed by atoms with Crippen LogP contribution in [0.25, 0.3) is 0 Å². The molecule has 3 rings (SSSR count). The number of piperidine rings is 3. The minimum Gasteiger partial charge on any atom is -0.291 e. The van der Waals surface area contributed by atoms with E-state index in [1.807, 2.05) is 6.08 Å². The molecule has 3 heterocycles. The monoisotopic (exact) mass is 224 g/mol. The normalized spacial score (nSPS) is 37.1. The summed E-state index contributed by atoms with van der Waals surface area (Å²) in [6.07, 6.45) is 4.18. The molecule has 0 N–H and O–H groups in total. The molecule has 4 atom stereocenters. The van der Waals surface area contributed by atoms with Gasteiger partial charge in [-0.1, -0.05) is 6.08 Å². The molecule has 0 aliphatic carbocycles. The molecule has 16 heavy (non-hydrogen) atoms. The van der Waals surface area contributed by atoms with Crippen molar-refractivity contribution in [2.24, 2.45) is 11.8 Å². The Bertz CT molecular complexity index is 293. The first-order valence-electron chi connectivity index (χ1n) is 5.85. The molecule has 0 aromatic rings. The molecule has 4 nitrogen and oxygen atoms in total.